The van der Waals surface area contributed by atoms with Crippen LogP contribution in [0.2, 0.25) is 0 Å². The summed E-state index contributed by atoms with van der Waals surface area (Å²) in [4.78, 5) is 17.8. The number of carbonyl (C=O) groups excluding carboxylic acids is 1. The van der Waals surface area contributed by atoms with E-state index in [0.717, 1.165) is 11.1 Å². The number of carbonyl (C=O) groups is 1. The van der Waals surface area contributed by atoms with Gasteiger partial charge in [-0.1, -0.05) is 12.1 Å². The lowest BCUT2D eigenvalue weighted by Crippen LogP contribution is -2.28. The molecule has 0 bridgehead atoms. The Morgan fingerprint density at radius 2 is 2.15 bits per heavy atom. The van der Waals surface area contributed by atoms with E-state index >= 15 is 0 Å². The van der Waals surface area contributed by atoms with Crippen LogP contribution in [0.25, 0.3) is 0 Å². The van der Waals surface area contributed by atoms with Gasteiger partial charge in [-0.2, -0.15) is 18.2 Å². The minimum atomic E-state index is -4.23. The first-order valence-electron chi connectivity index (χ1n) is 8.22. The molecule has 1 aromatic heterocycles. The van der Waals surface area contributed by atoms with Crippen LogP contribution in [-0.4, -0.2) is 22.3 Å². The molecule has 2 aromatic rings. The number of aromatic nitrogens is 1. The number of halogens is 3. The second-order valence-electron chi connectivity index (χ2n) is 6.59. The van der Waals surface area contributed by atoms with Crippen molar-refractivity contribution in [2.45, 2.75) is 38.5 Å². The first kappa shape index (κ1) is 16.9. The molecular weight excluding hydrogens is 351 g/mol. The molecule has 0 radical (unpaired) electrons. The fraction of sp³-hybridized carbons (Fsp3) is 0.412. The van der Waals surface area contributed by atoms with E-state index in [9.17, 15) is 18.0 Å². The summed E-state index contributed by atoms with van der Waals surface area (Å²) >= 11 is 0. The van der Waals surface area contributed by atoms with Crippen LogP contribution in [0.1, 0.15) is 39.4 Å². The van der Waals surface area contributed by atoms with Gasteiger partial charge in [-0.05, 0) is 23.6 Å². The van der Waals surface area contributed by atoms with Crippen molar-refractivity contribution in [2.24, 2.45) is 5.92 Å². The number of anilines is 1. The highest BCUT2D eigenvalue weighted by atomic mass is 19.4. The lowest BCUT2D eigenvalue weighted by molar-refractivity contribution is -0.177. The van der Waals surface area contributed by atoms with E-state index < -0.39 is 18.0 Å². The molecule has 0 spiro atoms. The van der Waals surface area contributed by atoms with E-state index in [1.165, 1.54) is 0 Å². The molecule has 26 heavy (non-hydrogen) atoms. The maximum atomic E-state index is 12.9. The van der Waals surface area contributed by atoms with Crippen LogP contribution in [0, 0.1) is 5.92 Å². The zero-order valence-corrected chi connectivity index (χ0v) is 13.6. The Morgan fingerprint density at radius 1 is 1.35 bits per heavy atom. The molecule has 1 aliphatic heterocycles. The van der Waals surface area contributed by atoms with Crippen LogP contribution in [0.5, 0.6) is 0 Å². The van der Waals surface area contributed by atoms with E-state index in [1.807, 2.05) is 6.07 Å². The fourth-order valence-corrected chi connectivity index (χ4v) is 3.61. The zero-order chi connectivity index (χ0) is 18.5. The third-order valence-corrected chi connectivity index (χ3v) is 4.99. The molecule has 0 saturated heterocycles. The lowest BCUT2D eigenvalue weighted by Gasteiger charge is -2.22. The van der Waals surface area contributed by atoms with Gasteiger partial charge in [-0.25, -0.2) is 5.48 Å². The first-order valence-corrected chi connectivity index (χ1v) is 8.22. The number of nitrogens with zero attached hydrogens (tertiary/aromatic N) is 2. The van der Waals surface area contributed by atoms with Crippen LogP contribution in [0.15, 0.2) is 22.6 Å². The van der Waals surface area contributed by atoms with Crippen LogP contribution >= 0.6 is 0 Å². The largest absolute Gasteiger partial charge is 0.428 e. The third kappa shape index (κ3) is 2.82. The predicted octanol–water partition coefficient (Wildman–Crippen LogP) is 2.98. The number of alkyl halides is 3. The van der Waals surface area contributed by atoms with Crippen molar-refractivity contribution in [3.63, 3.8) is 0 Å². The van der Waals surface area contributed by atoms with Gasteiger partial charge < -0.3 is 9.32 Å². The molecule has 1 atom stereocenters. The molecule has 2 heterocycles. The topological polar surface area (TPSA) is 78.6 Å². The summed E-state index contributed by atoms with van der Waals surface area (Å²) in [6.45, 7) is 0.769. The Labute approximate surface area is 146 Å². The SMILES string of the molecule is O=C(NO)c1cccc2c1CN(c1nc3c(o1)CCC(C(F)(F)F)C3)C2. The highest BCUT2D eigenvalue weighted by molar-refractivity contribution is 5.95. The number of amides is 1. The lowest BCUT2D eigenvalue weighted by atomic mass is 9.90. The number of aryl methyl sites for hydroxylation is 1. The van der Waals surface area contributed by atoms with Gasteiger partial charge >= 0.3 is 6.18 Å². The van der Waals surface area contributed by atoms with Crippen LogP contribution in [-0.2, 0) is 25.9 Å². The Kier molecular flexibility index (Phi) is 3.91. The Bertz CT molecular complexity index is 863. The Morgan fingerprint density at radius 3 is 2.88 bits per heavy atom. The van der Waals surface area contributed by atoms with E-state index in [2.05, 4.69) is 4.98 Å². The molecule has 6 nitrogen and oxygen atoms in total. The molecule has 0 fully saturated rings. The van der Waals surface area contributed by atoms with Gasteiger partial charge in [0.15, 0.2) is 0 Å². The van der Waals surface area contributed by atoms with Gasteiger partial charge in [-0.15, -0.1) is 0 Å². The van der Waals surface area contributed by atoms with Gasteiger partial charge in [0.25, 0.3) is 11.9 Å². The summed E-state index contributed by atoms with van der Waals surface area (Å²) in [5.74, 6) is -1.49. The average Bonchev–Trinajstić information content (AvgIpc) is 3.22. The predicted molar refractivity (Wildman–Crippen MR) is 83.7 cm³/mol. The first-order chi connectivity index (χ1) is 12.4. The van der Waals surface area contributed by atoms with Crippen molar-refractivity contribution in [3.8, 4) is 0 Å². The van der Waals surface area contributed by atoms with E-state index in [-0.39, 0.29) is 25.3 Å². The van der Waals surface area contributed by atoms with Crippen molar-refractivity contribution in [3.05, 3.63) is 46.3 Å². The summed E-state index contributed by atoms with van der Waals surface area (Å²) in [7, 11) is 0. The number of hydrogen-bond acceptors (Lipinski definition) is 5. The molecule has 1 unspecified atom stereocenters. The molecule has 1 aliphatic carbocycles. The van der Waals surface area contributed by atoms with Crippen LogP contribution in [0.3, 0.4) is 0 Å². The van der Waals surface area contributed by atoms with Crippen molar-refractivity contribution in [1.82, 2.24) is 10.5 Å². The fourth-order valence-electron chi connectivity index (χ4n) is 3.61. The van der Waals surface area contributed by atoms with Crippen molar-refractivity contribution in [2.75, 3.05) is 4.90 Å². The van der Waals surface area contributed by atoms with Crippen LogP contribution < -0.4 is 10.4 Å². The quantitative estimate of drug-likeness (QED) is 0.630. The standard InChI is InChI=1S/C17H16F3N3O3/c18-17(19,20)10-4-5-14-13(6-10)21-16(26-14)23-7-9-2-1-3-11(12(9)8-23)15(24)22-25/h1-3,10,25H,4-8H2,(H,22,24). The van der Waals surface area contributed by atoms with Gasteiger partial charge in [0.05, 0.1) is 11.6 Å². The van der Waals surface area contributed by atoms with E-state index in [0.29, 0.717) is 30.1 Å². The number of hydroxylamine groups is 1. The number of benzene rings is 1. The maximum absolute atomic E-state index is 12.9. The van der Waals surface area contributed by atoms with Crippen molar-refractivity contribution in [1.29, 1.82) is 0 Å². The maximum Gasteiger partial charge on any atom is 0.392 e. The molecule has 138 valence electrons. The van der Waals surface area contributed by atoms with Gasteiger partial charge in [0.2, 0.25) is 0 Å². The average molecular weight is 367 g/mol. The number of fused-ring (bicyclic) bond motifs is 2. The summed E-state index contributed by atoms with van der Waals surface area (Å²) in [5, 5.41) is 8.87. The minimum Gasteiger partial charge on any atom is -0.428 e. The zero-order valence-electron chi connectivity index (χ0n) is 13.6. The molecule has 0 saturated carbocycles. The number of hydrogen-bond donors (Lipinski definition) is 2. The summed E-state index contributed by atoms with van der Waals surface area (Å²) in [6.07, 6.45) is -4.17. The highest BCUT2D eigenvalue weighted by Gasteiger charge is 2.43. The third-order valence-electron chi connectivity index (χ3n) is 4.99. The van der Waals surface area contributed by atoms with Gasteiger partial charge in [0.1, 0.15) is 5.76 Å². The Balaban J connectivity index is 1.58. The molecule has 1 amide bonds. The minimum absolute atomic E-state index is 0.00613. The second kappa shape index (κ2) is 6.01. The summed E-state index contributed by atoms with van der Waals surface area (Å²) < 4.78 is 44.6. The molecule has 2 aliphatic rings. The van der Waals surface area contributed by atoms with E-state index in [4.69, 9.17) is 9.62 Å². The van der Waals surface area contributed by atoms with Crippen molar-refractivity contribution >= 4 is 11.9 Å². The van der Waals surface area contributed by atoms with Gasteiger partial charge in [-0.3, -0.25) is 10.0 Å². The second-order valence-corrected chi connectivity index (χ2v) is 6.59. The molecule has 4 rings (SSSR count). The molecular formula is C17H16F3N3O3. The molecule has 9 heteroatoms. The molecule has 1 aromatic carbocycles. The van der Waals surface area contributed by atoms with Gasteiger partial charge in [0, 0.05) is 31.5 Å². The van der Waals surface area contributed by atoms with Crippen LogP contribution in [0.4, 0.5) is 19.2 Å². The number of oxazole rings is 1. The highest BCUT2D eigenvalue weighted by Crippen LogP contribution is 2.39. The smallest absolute Gasteiger partial charge is 0.392 e. The summed E-state index contributed by atoms with van der Waals surface area (Å²) in [5.41, 5.74) is 3.95. The number of rotatable bonds is 2. The molecule has 2 N–H and O–H groups in total. The normalized spacial score (nSPS) is 19.2. The number of nitrogens with one attached hydrogen (secondary N) is 1. The Hall–Kier alpha value is -2.55. The van der Waals surface area contributed by atoms with E-state index in [1.54, 1.807) is 22.5 Å². The van der Waals surface area contributed by atoms with Crippen molar-refractivity contribution < 1.29 is 27.6 Å². The monoisotopic (exact) mass is 367 g/mol. The summed E-state index contributed by atoms with van der Waals surface area (Å²) in [6, 6.07) is 5.43.